The van der Waals surface area contributed by atoms with Crippen LogP contribution in [-0.4, -0.2) is 32.8 Å². The van der Waals surface area contributed by atoms with Crippen molar-refractivity contribution in [3.63, 3.8) is 0 Å². The quantitative estimate of drug-likeness (QED) is 0.427. The minimum Gasteiger partial charge on any atom is -0.357 e. The molecular formula is C13H12ClN5O3S2. The van der Waals surface area contributed by atoms with Gasteiger partial charge in [-0.1, -0.05) is 34.7 Å². The number of nitro benzene ring substituents is 1. The molecule has 0 atom stereocenters. The lowest BCUT2D eigenvalue weighted by Crippen LogP contribution is -2.14. The Morgan fingerprint density at radius 2 is 2.25 bits per heavy atom. The molecule has 0 radical (unpaired) electrons. The van der Waals surface area contributed by atoms with Crippen LogP contribution in [0.15, 0.2) is 22.5 Å². The summed E-state index contributed by atoms with van der Waals surface area (Å²) in [6, 6.07) is 4.38. The third kappa shape index (κ3) is 4.56. The number of nitrogens with zero attached hydrogens (tertiary/aromatic N) is 3. The van der Waals surface area contributed by atoms with Crippen LogP contribution in [0.5, 0.6) is 0 Å². The fourth-order valence-corrected chi connectivity index (χ4v) is 3.56. The van der Waals surface area contributed by atoms with Gasteiger partial charge in [-0.2, -0.15) is 0 Å². The number of carbonyl (C=O) groups is 1. The number of halogens is 1. The smallest absolute Gasteiger partial charge is 0.271 e. The van der Waals surface area contributed by atoms with Crippen LogP contribution >= 0.6 is 34.7 Å². The molecular weight excluding hydrogens is 374 g/mol. The Balaban J connectivity index is 1.54. The first-order valence-corrected chi connectivity index (χ1v) is 9.16. The van der Waals surface area contributed by atoms with Crippen LogP contribution < -0.4 is 10.6 Å². The topological polar surface area (TPSA) is 110 Å². The summed E-state index contributed by atoms with van der Waals surface area (Å²) in [4.78, 5) is 22.2. The number of hydrogen-bond acceptors (Lipinski definition) is 8. The lowest BCUT2D eigenvalue weighted by atomic mass is 10.3. The highest BCUT2D eigenvalue weighted by Gasteiger charge is 2.22. The summed E-state index contributed by atoms with van der Waals surface area (Å²) in [6.07, 6.45) is 2.29. The van der Waals surface area contributed by atoms with Crippen molar-refractivity contribution < 1.29 is 9.72 Å². The lowest BCUT2D eigenvalue weighted by Gasteiger charge is -2.06. The number of amides is 1. The van der Waals surface area contributed by atoms with Crippen LogP contribution in [0, 0.1) is 10.1 Å². The van der Waals surface area contributed by atoms with Crippen LogP contribution in [0.4, 0.5) is 16.5 Å². The van der Waals surface area contributed by atoms with Gasteiger partial charge in [0.05, 0.1) is 21.4 Å². The van der Waals surface area contributed by atoms with Gasteiger partial charge in [-0.25, -0.2) is 0 Å². The summed E-state index contributed by atoms with van der Waals surface area (Å²) in [6.45, 7) is 0. The Morgan fingerprint density at radius 1 is 1.46 bits per heavy atom. The van der Waals surface area contributed by atoms with Gasteiger partial charge in [-0.05, 0) is 18.9 Å². The average molecular weight is 386 g/mol. The van der Waals surface area contributed by atoms with E-state index in [1.807, 2.05) is 0 Å². The molecule has 1 aromatic carbocycles. The molecule has 0 bridgehead atoms. The van der Waals surface area contributed by atoms with Crippen LogP contribution in [0.3, 0.4) is 0 Å². The summed E-state index contributed by atoms with van der Waals surface area (Å²) in [5.74, 6) is -0.217. The Kier molecular flexibility index (Phi) is 5.17. The van der Waals surface area contributed by atoms with Gasteiger partial charge in [0.25, 0.3) is 5.69 Å². The maximum absolute atomic E-state index is 12.0. The van der Waals surface area contributed by atoms with Gasteiger partial charge in [0.2, 0.25) is 11.0 Å². The van der Waals surface area contributed by atoms with Gasteiger partial charge >= 0.3 is 0 Å². The van der Waals surface area contributed by atoms with Crippen LogP contribution in [0.25, 0.3) is 0 Å². The van der Waals surface area contributed by atoms with E-state index in [0.717, 1.165) is 18.0 Å². The zero-order valence-corrected chi connectivity index (χ0v) is 14.6. The molecule has 2 N–H and O–H groups in total. The van der Waals surface area contributed by atoms with E-state index in [0.29, 0.717) is 10.4 Å². The van der Waals surface area contributed by atoms with Gasteiger partial charge in [-0.3, -0.25) is 14.9 Å². The maximum Gasteiger partial charge on any atom is 0.271 e. The Morgan fingerprint density at radius 3 is 2.96 bits per heavy atom. The number of aromatic nitrogens is 2. The number of carbonyl (C=O) groups excluding carboxylic acids is 1. The van der Waals surface area contributed by atoms with Gasteiger partial charge in [0, 0.05) is 18.2 Å². The molecule has 2 aromatic rings. The summed E-state index contributed by atoms with van der Waals surface area (Å²) in [5, 5.41) is 25.6. The molecule has 0 saturated heterocycles. The van der Waals surface area contributed by atoms with E-state index in [9.17, 15) is 14.9 Å². The van der Waals surface area contributed by atoms with Crippen molar-refractivity contribution in [2.75, 3.05) is 16.4 Å². The first kappa shape index (κ1) is 16.9. The Hall–Kier alpha value is -1.91. The standard InChI is InChI=1S/C13H12ClN5O3S2/c14-9-4-3-8(19(21)22)5-10(9)16-11(20)6-23-13-18-17-12(24-13)15-7-1-2-7/h3-5,7H,1-2,6H2,(H,15,17)(H,16,20). The minimum absolute atomic E-state index is 0.108. The SMILES string of the molecule is O=C(CSc1nnc(NC2CC2)s1)Nc1cc([N+](=O)[O-])ccc1Cl. The molecule has 1 aliphatic rings. The van der Waals surface area contributed by atoms with Gasteiger partial charge in [-0.15, -0.1) is 10.2 Å². The first-order chi connectivity index (χ1) is 11.5. The highest BCUT2D eigenvalue weighted by Crippen LogP contribution is 2.31. The Labute approximate surface area is 150 Å². The number of hydrogen-bond donors (Lipinski definition) is 2. The maximum atomic E-state index is 12.0. The van der Waals surface area contributed by atoms with E-state index < -0.39 is 4.92 Å². The van der Waals surface area contributed by atoms with Crippen LogP contribution in [0.1, 0.15) is 12.8 Å². The van der Waals surface area contributed by atoms with Crippen molar-refractivity contribution in [3.05, 3.63) is 33.3 Å². The summed E-state index contributed by atoms with van der Waals surface area (Å²) in [7, 11) is 0. The molecule has 24 heavy (non-hydrogen) atoms. The number of rotatable bonds is 7. The average Bonchev–Trinajstić information content (AvgIpc) is 3.24. The van der Waals surface area contributed by atoms with E-state index in [4.69, 9.17) is 11.6 Å². The molecule has 1 aliphatic carbocycles. The fourth-order valence-electron chi connectivity index (χ4n) is 1.76. The molecule has 0 aliphatic heterocycles. The van der Waals surface area contributed by atoms with Crippen molar-refractivity contribution in [2.24, 2.45) is 0 Å². The number of non-ortho nitro benzene ring substituents is 1. The number of benzene rings is 1. The molecule has 8 nitrogen and oxygen atoms in total. The van der Waals surface area contributed by atoms with Crippen LogP contribution in [0.2, 0.25) is 5.02 Å². The molecule has 1 saturated carbocycles. The van der Waals surface area contributed by atoms with Crippen LogP contribution in [-0.2, 0) is 4.79 Å². The minimum atomic E-state index is -0.545. The normalized spacial score (nSPS) is 13.5. The fraction of sp³-hybridized carbons (Fsp3) is 0.308. The summed E-state index contributed by atoms with van der Waals surface area (Å²) in [5.41, 5.74) is 0.0760. The van der Waals surface area contributed by atoms with Gasteiger partial charge in [0.1, 0.15) is 0 Å². The van der Waals surface area contributed by atoms with E-state index in [1.54, 1.807) is 0 Å². The van der Waals surface area contributed by atoms with E-state index in [2.05, 4.69) is 20.8 Å². The largest absolute Gasteiger partial charge is 0.357 e. The van der Waals surface area contributed by atoms with Gasteiger partial charge in [0.15, 0.2) is 4.34 Å². The zero-order chi connectivity index (χ0) is 17.1. The van der Waals surface area contributed by atoms with E-state index in [-0.39, 0.29) is 28.1 Å². The first-order valence-electron chi connectivity index (χ1n) is 6.98. The second-order valence-electron chi connectivity index (χ2n) is 5.05. The highest BCUT2D eigenvalue weighted by atomic mass is 35.5. The lowest BCUT2D eigenvalue weighted by molar-refractivity contribution is -0.384. The van der Waals surface area contributed by atoms with Gasteiger partial charge < -0.3 is 10.6 Å². The summed E-state index contributed by atoms with van der Waals surface area (Å²) >= 11 is 8.59. The van der Waals surface area contributed by atoms with Crippen molar-refractivity contribution in [2.45, 2.75) is 23.2 Å². The molecule has 0 spiro atoms. The number of anilines is 2. The number of nitro groups is 1. The molecule has 1 heterocycles. The molecule has 0 unspecified atom stereocenters. The van der Waals surface area contributed by atoms with Crippen molar-refractivity contribution in [3.8, 4) is 0 Å². The molecule has 1 amide bonds. The predicted molar refractivity (Wildman–Crippen MR) is 94.0 cm³/mol. The number of nitrogens with one attached hydrogen (secondary N) is 2. The Bertz CT molecular complexity index is 781. The molecule has 3 rings (SSSR count). The molecule has 1 fully saturated rings. The monoisotopic (exact) mass is 385 g/mol. The van der Waals surface area contributed by atoms with E-state index in [1.165, 1.54) is 41.3 Å². The molecule has 126 valence electrons. The molecule has 1 aromatic heterocycles. The highest BCUT2D eigenvalue weighted by molar-refractivity contribution is 8.01. The molecule has 11 heteroatoms. The zero-order valence-electron chi connectivity index (χ0n) is 12.2. The van der Waals surface area contributed by atoms with Crippen molar-refractivity contribution in [1.29, 1.82) is 0 Å². The second kappa shape index (κ2) is 7.32. The van der Waals surface area contributed by atoms with Crippen molar-refractivity contribution >= 4 is 57.1 Å². The third-order valence-corrected chi connectivity index (χ3v) is 5.39. The summed E-state index contributed by atoms with van der Waals surface area (Å²) < 4.78 is 0.679. The predicted octanol–water partition coefficient (Wildman–Crippen LogP) is 3.40. The second-order valence-corrected chi connectivity index (χ2v) is 7.66. The van der Waals surface area contributed by atoms with Crippen molar-refractivity contribution in [1.82, 2.24) is 10.2 Å². The van der Waals surface area contributed by atoms with E-state index >= 15 is 0 Å². The number of thioether (sulfide) groups is 1. The third-order valence-electron chi connectivity index (χ3n) is 3.07.